The monoisotopic (exact) mass is 438 g/mol. The highest BCUT2D eigenvalue weighted by atomic mass is 35.5. The smallest absolute Gasteiger partial charge is 0.337 e. The molecule has 9 heteroatoms. The van der Waals surface area contributed by atoms with Gasteiger partial charge in [0.2, 0.25) is 0 Å². The standard InChI is InChI=1S/C12H14N4O2S.C6H4ClF.C2H6/c1-18-12(17)8-5-15-10(11-14-2-3-19-11)16-6-7(13)4-9(8)16;7-5-2-1-3-6(8)4-5;1-2/h2-3,7H,4-6,13H2,1H3;1-4H;1-2H3. The van der Waals surface area contributed by atoms with Crippen molar-refractivity contribution in [2.45, 2.75) is 26.3 Å². The fourth-order valence-electron chi connectivity index (χ4n) is 2.88. The molecule has 0 radical (unpaired) electrons. The molecule has 1 aromatic carbocycles. The first-order valence-corrected chi connectivity index (χ1v) is 10.4. The van der Waals surface area contributed by atoms with E-state index >= 15 is 0 Å². The number of thiazole rings is 1. The molecule has 0 aliphatic carbocycles. The van der Waals surface area contributed by atoms with Crippen LogP contribution in [0.25, 0.3) is 0 Å². The second kappa shape index (κ2) is 11.0. The summed E-state index contributed by atoms with van der Waals surface area (Å²) in [5, 5.41) is 3.20. The van der Waals surface area contributed by atoms with Crippen LogP contribution < -0.4 is 5.73 Å². The number of carbonyl (C=O) groups excluding carboxylic acids is 1. The number of nitrogens with zero attached hydrogens (tertiary/aromatic N) is 3. The minimum Gasteiger partial charge on any atom is -0.466 e. The molecule has 1 atom stereocenters. The number of hydrogen-bond donors (Lipinski definition) is 1. The van der Waals surface area contributed by atoms with E-state index in [-0.39, 0.29) is 17.8 Å². The van der Waals surface area contributed by atoms with Gasteiger partial charge in [-0.05, 0) is 18.2 Å². The van der Waals surface area contributed by atoms with Crippen LogP contribution in [0.4, 0.5) is 4.39 Å². The SMILES string of the molecule is CC.COC(=O)C1=C2CC(N)CN2C(c2nccs2)=NC1.Fc1cccc(Cl)c1. The summed E-state index contributed by atoms with van der Waals surface area (Å²) in [5.41, 5.74) is 7.55. The van der Waals surface area contributed by atoms with Crippen molar-refractivity contribution >= 4 is 34.7 Å². The van der Waals surface area contributed by atoms with Crippen LogP contribution in [0.2, 0.25) is 5.02 Å². The van der Waals surface area contributed by atoms with Crippen molar-refractivity contribution in [3.63, 3.8) is 0 Å². The molecule has 1 fully saturated rings. The van der Waals surface area contributed by atoms with E-state index in [1.165, 1.54) is 30.6 Å². The number of fused-ring (bicyclic) bond motifs is 1. The lowest BCUT2D eigenvalue weighted by atomic mass is 10.1. The zero-order chi connectivity index (χ0) is 21.4. The van der Waals surface area contributed by atoms with Crippen molar-refractivity contribution in [1.29, 1.82) is 0 Å². The molecule has 4 rings (SSSR count). The number of amidine groups is 1. The van der Waals surface area contributed by atoms with Gasteiger partial charge in [0.1, 0.15) is 5.82 Å². The van der Waals surface area contributed by atoms with Crippen LogP contribution in [0.5, 0.6) is 0 Å². The summed E-state index contributed by atoms with van der Waals surface area (Å²) in [5.74, 6) is 0.194. The molecule has 29 heavy (non-hydrogen) atoms. The van der Waals surface area contributed by atoms with Gasteiger partial charge < -0.3 is 15.4 Å². The molecule has 1 saturated heterocycles. The molecule has 1 aromatic heterocycles. The van der Waals surface area contributed by atoms with Crippen LogP contribution in [-0.2, 0) is 9.53 Å². The summed E-state index contributed by atoms with van der Waals surface area (Å²) < 4.78 is 16.9. The maximum atomic E-state index is 12.1. The van der Waals surface area contributed by atoms with Crippen LogP contribution in [0.3, 0.4) is 0 Å². The van der Waals surface area contributed by atoms with E-state index in [9.17, 15) is 9.18 Å². The van der Waals surface area contributed by atoms with Crippen molar-refractivity contribution < 1.29 is 13.9 Å². The maximum Gasteiger partial charge on any atom is 0.337 e. The van der Waals surface area contributed by atoms with E-state index in [4.69, 9.17) is 22.1 Å². The number of rotatable bonds is 2. The minimum atomic E-state index is -0.323. The molecule has 0 spiro atoms. The summed E-state index contributed by atoms with van der Waals surface area (Å²) in [6.45, 7) is 4.99. The number of nitrogens with two attached hydrogens (primary N) is 1. The molecule has 3 heterocycles. The Morgan fingerprint density at radius 3 is 2.72 bits per heavy atom. The quantitative estimate of drug-likeness (QED) is 0.720. The Hall–Kier alpha value is -2.29. The summed E-state index contributed by atoms with van der Waals surface area (Å²) in [6.07, 6.45) is 2.42. The third-order valence-electron chi connectivity index (χ3n) is 4.03. The van der Waals surface area contributed by atoms with Crippen molar-refractivity contribution in [3.8, 4) is 0 Å². The third kappa shape index (κ3) is 5.85. The second-order valence-electron chi connectivity index (χ2n) is 5.91. The molecule has 6 nitrogen and oxygen atoms in total. The van der Waals surface area contributed by atoms with Gasteiger partial charge in [0.05, 0.1) is 19.2 Å². The van der Waals surface area contributed by atoms with Gasteiger partial charge in [0.15, 0.2) is 10.8 Å². The van der Waals surface area contributed by atoms with Gasteiger partial charge in [-0.1, -0.05) is 31.5 Å². The summed E-state index contributed by atoms with van der Waals surface area (Å²) >= 11 is 6.94. The molecule has 156 valence electrons. The van der Waals surface area contributed by atoms with E-state index in [1.54, 1.807) is 18.3 Å². The highest BCUT2D eigenvalue weighted by molar-refractivity contribution is 7.11. The number of halogens is 2. The number of aromatic nitrogens is 1. The molecule has 0 bridgehead atoms. The number of aliphatic imine (C=N–C) groups is 1. The predicted octanol–water partition coefficient (Wildman–Crippen LogP) is 3.87. The lowest BCUT2D eigenvalue weighted by molar-refractivity contribution is -0.136. The van der Waals surface area contributed by atoms with Gasteiger partial charge in [0.25, 0.3) is 0 Å². The van der Waals surface area contributed by atoms with Crippen LogP contribution in [0, 0.1) is 5.82 Å². The highest BCUT2D eigenvalue weighted by Crippen LogP contribution is 2.30. The molecule has 2 aliphatic heterocycles. The van der Waals surface area contributed by atoms with Crippen molar-refractivity contribution in [2.24, 2.45) is 10.7 Å². The van der Waals surface area contributed by atoms with E-state index in [0.29, 0.717) is 30.1 Å². The first-order chi connectivity index (χ1) is 14.0. The van der Waals surface area contributed by atoms with Crippen molar-refractivity contribution in [2.75, 3.05) is 20.2 Å². The van der Waals surface area contributed by atoms with Crippen LogP contribution >= 0.6 is 22.9 Å². The Labute approximate surface area is 178 Å². The largest absolute Gasteiger partial charge is 0.466 e. The number of ether oxygens (including phenoxy) is 1. The van der Waals surface area contributed by atoms with Crippen LogP contribution in [0.15, 0.2) is 52.1 Å². The van der Waals surface area contributed by atoms with Gasteiger partial charge in [-0.3, -0.25) is 4.99 Å². The van der Waals surface area contributed by atoms with Crippen molar-refractivity contribution in [1.82, 2.24) is 9.88 Å². The Morgan fingerprint density at radius 1 is 1.41 bits per heavy atom. The molecular formula is C20H24ClFN4O2S. The predicted molar refractivity (Wildman–Crippen MR) is 115 cm³/mol. The van der Waals surface area contributed by atoms with E-state index < -0.39 is 0 Å². The van der Waals surface area contributed by atoms with Gasteiger partial charge in [-0.15, -0.1) is 11.3 Å². The summed E-state index contributed by atoms with van der Waals surface area (Å²) in [4.78, 5) is 22.5. The Morgan fingerprint density at radius 2 is 2.17 bits per heavy atom. The van der Waals surface area contributed by atoms with Gasteiger partial charge in [-0.25, -0.2) is 14.2 Å². The number of methoxy groups -OCH3 is 1. The Bertz CT molecular complexity index is 869. The molecule has 2 N–H and O–H groups in total. The van der Waals surface area contributed by atoms with Crippen LogP contribution in [-0.4, -0.2) is 47.9 Å². The lowest BCUT2D eigenvalue weighted by Gasteiger charge is -2.26. The maximum absolute atomic E-state index is 12.1. The van der Waals surface area contributed by atoms with Gasteiger partial charge in [-0.2, -0.15) is 0 Å². The molecule has 2 aromatic rings. The lowest BCUT2D eigenvalue weighted by Crippen LogP contribution is -2.35. The topological polar surface area (TPSA) is 80.8 Å². The molecule has 2 aliphatic rings. The number of esters is 1. The van der Waals surface area contributed by atoms with E-state index in [1.807, 2.05) is 24.1 Å². The highest BCUT2D eigenvalue weighted by Gasteiger charge is 2.36. The molecule has 0 amide bonds. The summed E-state index contributed by atoms with van der Waals surface area (Å²) in [7, 11) is 1.38. The number of hydrogen-bond acceptors (Lipinski definition) is 7. The second-order valence-corrected chi connectivity index (χ2v) is 7.24. The van der Waals surface area contributed by atoms with E-state index in [0.717, 1.165) is 16.5 Å². The minimum absolute atomic E-state index is 0.0120. The van der Waals surface area contributed by atoms with Crippen molar-refractivity contribution in [3.05, 3.63) is 63.0 Å². The fraction of sp³-hybridized carbons (Fsp3) is 0.350. The number of carbonyl (C=O) groups is 1. The third-order valence-corrected chi connectivity index (χ3v) is 5.04. The van der Waals surface area contributed by atoms with Gasteiger partial charge >= 0.3 is 5.97 Å². The molecular weight excluding hydrogens is 415 g/mol. The Kier molecular flexibility index (Phi) is 8.75. The Balaban J connectivity index is 0.000000252. The van der Waals surface area contributed by atoms with Gasteiger partial charge in [0, 0.05) is 41.3 Å². The summed E-state index contributed by atoms with van der Waals surface area (Å²) in [6, 6.07) is 5.83. The fourth-order valence-corrected chi connectivity index (χ4v) is 3.71. The zero-order valence-corrected chi connectivity index (χ0v) is 18.1. The van der Waals surface area contributed by atoms with E-state index in [2.05, 4.69) is 9.98 Å². The van der Waals surface area contributed by atoms with Crippen LogP contribution in [0.1, 0.15) is 25.3 Å². The number of benzene rings is 1. The average molecular weight is 439 g/mol. The first-order valence-electron chi connectivity index (χ1n) is 9.18. The first kappa shape index (κ1) is 23.0. The average Bonchev–Trinajstić information content (AvgIpc) is 3.37. The molecule has 0 saturated carbocycles. The molecule has 1 unspecified atom stereocenters. The normalized spacial score (nSPS) is 17.4. The zero-order valence-electron chi connectivity index (χ0n) is 16.6.